The van der Waals surface area contributed by atoms with E-state index in [1.807, 2.05) is 22.8 Å². The number of hydrogen-bond acceptors (Lipinski definition) is 2. The second-order valence-electron chi connectivity index (χ2n) is 3.55. The zero-order valence-electron chi connectivity index (χ0n) is 8.38. The van der Waals surface area contributed by atoms with Crippen LogP contribution in [-0.2, 0) is 0 Å². The van der Waals surface area contributed by atoms with Gasteiger partial charge in [-0.15, -0.1) is 10.2 Å². The van der Waals surface area contributed by atoms with Crippen molar-refractivity contribution in [3.05, 3.63) is 42.5 Å². The van der Waals surface area contributed by atoms with Crippen LogP contribution in [-0.4, -0.2) is 14.8 Å². The van der Waals surface area contributed by atoms with Gasteiger partial charge >= 0.3 is 0 Å². The first-order chi connectivity index (χ1) is 6.79. The molecular formula is C11H13N3. The van der Waals surface area contributed by atoms with Crippen LogP contribution in [0.15, 0.2) is 36.7 Å². The fourth-order valence-corrected chi connectivity index (χ4v) is 1.43. The molecule has 0 aliphatic heterocycles. The Labute approximate surface area is 83.4 Å². The van der Waals surface area contributed by atoms with Gasteiger partial charge in [0.2, 0.25) is 0 Å². The van der Waals surface area contributed by atoms with Crippen molar-refractivity contribution in [3.8, 4) is 5.69 Å². The molecule has 14 heavy (non-hydrogen) atoms. The fourth-order valence-electron chi connectivity index (χ4n) is 1.43. The molecule has 0 saturated carbocycles. The Balaban J connectivity index is 2.47. The molecule has 1 aromatic carbocycles. The summed E-state index contributed by atoms with van der Waals surface area (Å²) in [7, 11) is 0. The lowest BCUT2D eigenvalue weighted by Crippen LogP contribution is -2.01. The average molecular weight is 187 g/mol. The molecule has 0 atom stereocenters. The largest absolute Gasteiger partial charge is 0.285 e. The van der Waals surface area contributed by atoms with Crippen molar-refractivity contribution in [1.29, 1.82) is 0 Å². The van der Waals surface area contributed by atoms with E-state index in [9.17, 15) is 0 Å². The average Bonchev–Trinajstić information content (AvgIpc) is 2.67. The minimum atomic E-state index is 0.387. The lowest BCUT2D eigenvalue weighted by molar-refractivity contribution is 0.745. The lowest BCUT2D eigenvalue weighted by Gasteiger charge is -2.07. The first-order valence-corrected chi connectivity index (χ1v) is 4.74. The van der Waals surface area contributed by atoms with E-state index in [2.05, 4.69) is 36.2 Å². The molecule has 0 N–H and O–H groups in total. The number of nitrogens with zero attached hydrogens (tertiary/aromatic N) is 3. The van der Waals surface area contributed by atoms with Gasteiger partial charge < -0.3 is 0 Å². The van der Waals surface area contributed by atoms with E-state index in [0.29, 0.717) is 5.92 Å². The summed E-state index contributed by atoms with van der Waals surface area (Å²) < 4.78 is 2.02. The van der Waals surface area contributed by atoms with Crippen molar-refractivity contribution in [2.24, 2.45) is 0 Å². The molecule has 1 heterocycles. The molecule has 1 aromatic heterocycles. The van der Waals surface area contributed by atoms with E-state index in [1.54, 1.807) is 6.33 Å². The predicted molar refractivity (Wildman–Crippen MR) is 55.4 cm³/mol. The third kappa shape index (κ3) is 1.53. The molecule has 72 valence electrons. The number of benzene rings is 1. The van der Waals surface area contributed by atoms with Crippen LogP contribution in [0.1, 0.15) is 25.6 Å². The third-order valence-electron chi connectivity index (χ3n) is 2.12. The topological polar surface area (TPSA) is 30.7 Å². The van der Waals surface area contributed by atoms with Crippen molar-refractivity contribution < 1.29 is 0 Å². The van der Waals surface area contributed by atoms with Crippen LogP contribution in [0.3, 0.4) is 0 Å². The van der Waals surface area contributed by atoms with Crippen molar-refractivity contribution >= 4 is 0 Å². The maximum atomic E-state index is 4.11. The molecule has 2 rings (SSSR count). The van der Waals surface area contributed by atoms with Crippen molar-refractivity contribution in [1.82, 2.24) is 14.8 Å². The Morgan fingerprint density at radius 3 is 2.50 bits per heavy atom. The highest BCUT2D eigenvalue weighted by molar-refractivity contribution is 5.32. The highest BCUT2D eigenvalue weighted by atomic mass is 15.3. The molecule has 0 saturated heterocycles. The van der Waals surface area contributed by atoms with Crippen molar-refractivity contribution in [3.63, 3.8) is 0 Å². The summed E-state index contributed by atoms with van der Waals surface area (Å²) in [5.41, 5.74) is 1.11. The van der Waals surface area contributed by atoms with Gasteiger partial charge in [0.25, 0.3) is 0 Å². The van der Waals surface area contributed by atoms with Gasteiger partial charge in [0.15, 0.2) is 0 Å². The van der Waals surface area contributed by atoms with Gasteiger partial charge in [-0.2, -0.15) is 0 Å². The summed E-state index contributed by atoms with van der Waals surface area (Å²) in [5.74, 6) is 1.38. The summed E-state index contributed by atoms with van der Waals surface area (Å²) in [6.07, 6.45) is 1.75. The molecule has 0 radical (unpaired) electrons. The molecule has 0 aliphatic carbocycles. The molecule has 0 spiro atoms. The van der Waals surface area contributed by atoms with Crippen LogP contribution in [0.4, 0.5) is 0 Å². The van der Waals surface area contributed by atoms with Crippen molar-refractivity contribution in [2.45, 2.75) is 19.8 Å². The quantitative estimate of drug-likeness (QED) is 0.722. The molecule has 0 fully saturated rings. The van der Waals surface area contributed by atoms with Crippen LogP contribution >= 0.6 is 0 Å². The van der Waals surface area contributed by atoms with Gasteiger partial charge in [-0.25, -0.2) is 0 Å². The molecule has 0 amide bonds. The summed E-state index contributed by atoms with van der Waals surface area (Å²) in [4.78, 5) is 0. The highest BCUT2D eigenvalue weighted by Gasteiger charge is 2.08. The lowest BCUT2D eigenvalue weighted by atomic mass is 10.2. The van der Waals surface area contributed by atoms with Gasteiger partial charge in [-0.3, -0.25) is 4.57 Å². The van der Waals surface area contributed by atoms with Crippen LogP contribution in [0.5, 0.6) is 0 Å². The van der Waals surface area contributed by atoms with Crippen LogP contribution in [0.2, 0.25) is 0 Å². The molecule has 0 aliphatic rings. The second kappa shape index (κ2) is 3.62. The molecule has 0 bridgehead atoms. The maximum Gasteiger partial charge on any atom is 0.139 e. The first kappa shape index (κ1) is 8.94. The Morgan fingerprint density at radius 1 is 1.14 bits per heavy atom. The van der Waals surface area contributed by atoms with E-state index in [1.165, 1.54) is 0 Å². The second-order valence-corrected chi connectivity index (χ2v) is 3.55. The van der Waals surface area contributed by atoms with Crippen LogP contribution in [0.25, 0.3) is 5.69 Å². The Hall–Kier alpha value is -1.64. The van der Waals surface area contributed by atoms with E-state index in [-0.39, 0.29) is 0 Å². The van der Waals surface area contributed by atoms with E-state index in [0.717, 1.165) is 11.5 Å². The molecule has 3 heteroatoms. The van der Waals surface area contributed by atoms with Gasteiger partial charge in [-0.05, 0) is 12.1 Å². The standard InChI is InChI=1S/C11H13N3/c1-9(2)11-13-12-8-14(11)10-6-4-3-5-7-10/h3-9H,1-2H3. The molecule has 2 aromatic rings. The Bertz CT molecular complexity index is 403. The number of hydrogen-bond donors (Lipinski definition) is 0. The van der Waals surface area contributed by atoms with Gasteiger partial charge in [0, 0.05) is 11.6 Å². The summed E-state index contributed by atoms with van der Waals surface area (Å²) >= 11 is 0. The SMILES string of the molecule is CC(C)c1nncn1-c1ccccc1. The van der Waals surface area contributed by atoms with E-state index >= 15 is 0 Å². The van der Waals surface area contributed by atoms with Gasteiger partial charge in [0.1, 0.15) is 12.2 Å². The summed E-state index contributed by atoms with van der Waals surface area (Å²) in [6, 6.07) is 10.1. The fraction of sp³-hybridized carbons (Fsp3) is 0.273. The Morgan fingerprint density at radius 2 is 1.86 bits per heavy atom. The third-order valence-corrected chi connectivity index (χ3v) is 2.12. The molecule has 3 nitrogen and oxygen atoms in total. The number of rotatable bonds is 2. The van der Waals surface area contributed by atoms with Crippen LogP contribution < -0.4 is 0 Å². The minimum Gasteiger partial charge on any atom is -0.285 e. The normalized spacial score (nSPS) is 10.8. The monoisotopic (exact) mass is 187 g/mol. The smallest absolute Gasteiger partial charge is 0.139 e. The Kier molecular flexibility index (Phi) is 2.31. The maximum absolute atomic E-state index is 4.11. The number of para-hydroxylation sites is 1. The van der Waals surface area contributed by atoms with E-state index in [4.69, 9.17) is 0 Å². The summed E-state index contributed by atoms with van der Waals surface area (Å²) in [5, 5.41) is 8.04. The zero-order chi connectivity index (χ0) is 9.97. The molecular weight excluding hydrogens is 174 g/mol. The summed E-state index contributed by atoms with van der Waals surface area (Å²) in [6.45, 7) is 4.23. The predicted octanol–water partition coefficient (Wildman–Crippen LogP) is 2.39. The number of aromatic nitrogens is 3. The van der Waals surface area contributed by atoms with Crippen LogP contribution in [0, 0.1) is 0 Å². The highest BCUT2D eigenvalue weighted by Crippen LogP contribution is 2.15. The van der Waals surface area contributed by atoms with Gasteiger partial charge in [0.05, 0.1) is 0 Å². The van der Waals surface area contributed by atoms with Crippen molar-refractivity contribution in [2.75, 3.05) is 0 Å². The zero-order valence-corrected chi connectivity index (χ0v) is 8.38. The van der Waals surface area contributed by atoms with Gasteiger partial charge in [-0.1, -0.05) is 32.0 Å². The molecule has 0 unspecified atom stereocenters. The minimum absolute atomic E-state index is 0.387. The first-order valence-electron chi connectivity index (χ1n) is 4.74. The van der Waals surface area contributed by atoms with E-state index < -0.39 is 0 Å².